The Labute approximate surface area is 224 Å². The van der Waals surface area contributed by atoms with Crippen molar-refractivity contribution in [2.45, 2.75) is 33.4 Å². The van der Waals surface area contributed by atoms with Crippen molar-refractivity contribution < 1.29 is 14.3 Å². The van der Waals surface area contributed by atoms with Crippen LogP contribution in [0.1, 0.15) is 34.0 Å². The first-order chi connectivity index (χ1) is 18.3. The van der Waals surface area contributed by atoms with Crippen LogP contribution >= 0.6 is 0 Å². The molecule has 2 fully saturated rings. The molecule has 3 amide bonds. The fourth-order valence-corrected chi connectivity index (χ4v) is 5.38. The van der Waals surface area contributed by atoms with Crippen molar-refractivity contribution in [2.24, 2.45) is 0 Å². The van der Waals surface area contributed by atoms with Crippen LogP contribution in [-0.2, 0) is 6.54 Å². The fourth-order valence-electron chi connectivity index (χ4n) is 5.38. The number of rotatable bonds is 6. The second-order valence-electron chi connectivity index (χ2n) is 10.2. The van der Waals surface area contributed by atoms with Gasteiger partial charge < -0.3 is 19.4 Å². The highest BCUT2D eigenvalue weighted by molar-refractivity contribution is 5.97. The van der Waals surface area contributed by atoms with Gasteiger partial charge in [-0.2, -0.15) is 0 Å². The number of aromatic nitrogens is 1. The Morgan fingerprint density at radius 2 is 1.68 bits per heavy atom. The molecule has 2 saturated heterocycles. The summed E-state index contributed by atoms with van der Waals surface area (Å²) in [5.74, 6) is 1.82. The molecular formula is C30H35N5O3. The molecule has 1 aromatic heterocycles. The number of anilines is 2. The normalized spacial score (nSPS) is 17.8. The highest BCUT2D eigenvalue weighted by Gasteiger charge is 2.35. The van der Waals surface area contributed by atoms with E-state index in [1.807, 2.05) is 76.4 Å². The molecule has 3 aromatic rings. The van der Waals surface area contributed by atoms with Gasteiger partial charge in [0.05, 0.1) is 13.2 Å². The van der Waals surface area contributed by atoms with Gasteiger partial charge in [0.2, 0.25) is 0 Å². The van der Waals surface area contributed by atoms with E-state index in [2.05, 4.69) is 29.8 Å². The van der Waals surface area contributed by atoms with E-state index in [0.29, 0.717) is 31.7 Å². The summed E-state index contributed by atoms with van der Waals surface area (Å²) in [6, 6.07) is 17.4. The predicted octanol–water partition coefficient (Wildman–Crippen LogP) is 4.50. The first-order valence-corrected chi connectivity index (χ1v) is 13.1. The van der Waals surface area contributed by atoms with Crippen molar-refractivity contribution in [2.75, 3.05) is 49.6 Å². The Kier molecular flexibility index (Phi) is 7.22. The lowest BCUT2D eigenvalue weighted by Gasteiger charge is -2.36. The zero-order valence-corrected chi connectivity index (χ0v) is 22.6. The molecule has 2 aliphatic heterocycles. The number of ether oxygens (including phenoxy) is 1. The van der Waals surface area contributed by atoms with Crippen molar-refractivity contribution in [1.82, 2.24) is 14.8 Å². The van der Waals surface area contributed by atoms with Crippen LogP contribution in [0.5, 0.6) is 5.75 Å². The minimum atomic E-state index is -0.0245. The molecule has 0 N–H and O–H groups in total. The van der Waals surface area contributed by atoms with E-state index >= 15 is 0 Å². The minimum absolute atomic E-state index is 0.0201. The van der Waals surface area contributed by atoms with Crippen LogP contribution in [0.15, 0.2) is 60.8 Å². The van der Waals surface area contributed by atoms with Crippen molar-refractivity contribution in [3.05, 3.63) is 83.0 Å². The number of amides is 3. The molecule has 0 radical (unpaired) electrons. The van der Waals surface area contributed by atoms with Crippen LogP contribution < -0.4 is 14.5 Å². The number of methoxy groups -OCH3 is 1. The first-order valence-electron chi connectivity index (χ1n) is 13.1. The van der Waals surface area contributed by atoms with E-state index in [1.54, 1.807) is 7.11 Å². The monoisotopic (exact) mass is 513 g/mol. The Morgan fingerprint density at radius 3 is 2.32 bits per heavy atom. The Hall–Kier alpha value is -4.07. The molecule has 198 valence electrons. The maximum atomic E-state index is 13.2. The average Bonchev–Trinajstić information content (AvgIpc) is 3.21. The largest absolute Gasteiger partial charge is 0.497 e. The summed E-state index contributed by atoms with van der Waals surface area (Å²) >= 11 is 0. The second kappa shape index (κ2) is 10.7. The molecule has 8 heteroatoms. The number of carbonyl (C=O) groups is 2. The van der Waals surface area contributed by atoms with Gasteiger partial charge in [0, 0.05) is 56.7 Å². The molecule has 3 heterocycles. The zero-order valence-electron chi connectivity index (χ0n) is 22.6. The quantitative estimate of drug-likeness (QED) is 0.486. The number of nitrogens with zero attached hydrogens (tertiary/aromatic N) is 5. The van der Waals surface area contributed by atoms with Gasteiger partial charge in [-0.3, -0.25) is 9.69 Å². The molecule has 0 bridgehead atoms. The number of benzene rings is 2. The third kappa shape index (κ3) is 5.16. The highest BCUT2D eigenvalue weighted by Crippen LogP contribution is 2.27. The Balaban J connectivity index is 1.20. The smallest absolute Gasteiger partial charge is 0.325 e. The van der Waals surface area contributed by atoms with Crippen molar-refractivity contribution in [3.8, 4) is 5.75 Å². The summed E-state index contributed by atoms with van der Waals surface area (Å²) < 4.78 is 5.23. The van der Waals surface area contributed by atoms with Crippen LogP contribution in [0, 0.1) is 13.8 Å². The van der Waals surface area contributed by atoms with Crippen molar-refractivity contribution >= 4 is 23.4 Å². The SMILES string of the molecule is COc1ccc(CN2CC(C)N(c3ccc(C(=O)N4CCN(c5ncc(C)cc5C)CC4)cc3)C2=O)cc1. The van der Waals surface area contributed by atoms with E-state index in [4.69, 9.17) is 4.74 Å². The number of urea groups is 1. The number of aryl methyl sites for hydroxylation is 2. The van der Waals surface area contributed by atoms with Crippen molar-refractivity contribution in [1.29, 1.82) is 0 Å². The lowest BCUT2D eigenvalue weighted by atomic mass is 10.1. The molecule has 0 aliphatic carbocycles. The second-order valence-corrected chi connectivity index (χ2v) is 10.2. The van der Waals surface area contributed by atoms with Gasteiger partial charge >= 0.3 is 6.03 Å². The van der Waals surface area contributed by atoms with E-state index in [1.165, 1.54) is 0 Å². The first kappa shape index (κ1) is 25.6. The van der Waals surface area contributed by atoms with Gasteiger partial charge in [-0.15, -0.1) is 0 Å². The summed E-state index contributed by atoms with van der Waals surface area (Å²) in [5, 5.41) is 0. The minimum Gasteiger partial charge on any atom is -0.497 e. The molecule has 2 aromatic carbocycles. The lowest BCUT2D eigenvalue weighted by Crippen LogP contribution is -2.49. The van der Waals surface area contributed by atoms with Crippen LogP contribution in [0.25, 0.3) is 0 Å². The fraction of sp³-hybridized carbons (Fsp3) is 0.367. The number of hydrogen-bond donors (Lipinski definition) is 0. The maximum absolute atomic E-state index is 13.2. The molecule has 1 unspecified atom stereocenters. The van der Waals surface area contributed by atoms with Crippen LogP contribution in [0.3, 0.4) is 0 Å². The summed E-state index contributed by atoms with van der Waals surface area (Å²) in [5.41, 5.74) is 4.82. The third-order valence-electron chi connectivity index (χ3n) is 7.38. The number of piperazine rings is 1. The highest BCUT2D eigenvalue weighted by atomic mass is 16.5. The van der Waals surface area contributed by atoms with E-state index < -0.39 is 0 Å². The van der Waals surface area contributed by atoms with Crippen LogP contribution in [-0.4, -0.2) is 72.6 Å². The van der Waals surface area contributed by atoms with Gasteiger partial charge in [0.1, 0.15) is 11.6 Å². The predicted molar refractivity (Wildman–Crippen MR) is 149 cm³/mol. The molecule has 38 heavy (non-hydrogen) atoms. The molecule has 1 atom stereocenters. The molecule has 0 spiro atoms. The topological polar surface area (TPSA) is 69.2 Å². The molecule has 5 rings (SSSR count). The van der Waals surface area contributed by atoms with Gasteiger partial charge in [0.25, 0.3) is 5.91 Å². The summed E-state index contributed by atoms with van der Waals surface area (Å²) in [6.07, 6.45) is 1.89. The lowest BCUT2D eigenvalue weighted by molar-refractivity contribution is 0.0746. The van der Waals surface area contributed by atoms with E-state index in [0.717, 1.165) is 47.0 Å². The van der Waals surface area contributed by atoms with E-state index in [9.17, 15) is 9.59 Å². The number of carbonyl (C=O) groups excluding carboxylic acids is 2. The van der Waals surface area contributed by atoms with Crippen molar-refractivity contribution in [3.63, 3.8) is 0 Å². The Morgan fingerprint density at radius 1 is 1.00 bits per heavy atom. The maximum Gasteiger partial charge on any atom is 0.325 e. The van der Waals surface area contributed by atoms with E-state index in [-0.39, 0.29) is 18.0 Å². The van der Waals surface area contributed by atoms with Crippen LogP contribution in [0.4, 0.5) is 16.3 Å². The third-order valence-corrected chi connectivity index (χ3v) is 7.38. The van der Waals surface area contributed by atoms with Gasteiger partial charge in [-0.25, -0.2) is 9.78 Å². The molecule has 2 aliphatic rings. The number of hydrogen-bond acceptors (Lipinski definition) is 5. The summed E-state index contributed by atoms with van der Waals surface area (Å²) in [4.78, 5) is 38.9. The number of pyridine rings is 1. The summed E-state index contributed by atoms with van der Waals surface area (Å²) in [7, 11) is 1.64. The zero-order chi connectivity index (χ0) is 26.8. The van der Waals surface area contributed by atoms with Crippen LogP contribution in [0.2, 0.25) is 0 Å². The van der Waals surface area contributed by atoms with Gasteiger partial charge in [0.15, 0.2) is 0 Å². The Bertz CT molecular complexity index is 1300. The van der Waals surface area contributed by atoms with Gasteiger partial charge in [-0.05, 0) is 73.9 Å². The molecule has 8 nitrogen and oxygen atoms in total. The average molecular weight is 514 g/mol. The molecular weight excluding hydrogens is 478 g/mol. The van der Waals surface area contributed by atoms with Gasteiger partial charge in [-0.1, -0.05) is 18.2 Å². The summed E-state index contributed by atoms with van der Waals surface area (Å²) in [6.45, 7) is 10.2. The standard InChI is InChI=1S/C30H35N5O3/c1-21-17-22(2)28(31-18-21)32-13-15-33(16-14-32)29(36)25-7-9-26(10-8-25)35-23(3)19-34(30(35)37)20-24-5-11-27(38-4)12-6-24/h5-12,17-18,23H,13-16,19-20H2,1-4H3. The molecule has 0 saturated carbocycles.